The zero-order valence-corrected chi connectivity index (χ0v) is 6.57. The zero-order chi connectivity index (χ0) is 8.97. The Kier molecular flexibility index (Phi) is 3.13. The number of hydrogen-bond acceptors (Lipinski definition) is 3. The molecule has 1 rings (SSSR count). The van der Waals surface area contributed by atoms with Crippen LogP contribution in [0.15, 0.2) is 18.3 Å². The summed E-state index contributed by atoms with van der Waals surface area (Å²) in [6.45, 7) is 0.254. The molecule has 1 heterocycles. The highest BCUT2D eigenvalue weighted by molar-refractivity contribution is 5.10. The molecule has 0 aromatic carbocycles. The van der Waals surface area contributed by atoms with Crippen LogP contribution in [0.1, 0.15) is 11.6 Å². The Morgan fingerprint density at radius 2 is 2.33 bits per heavy atom. The lowest BCUT2D eigenvalue weighted by Crippen LogP contribution is -2.17. The van der Waals surface area contributed by atoms with Crippen molar-refractivity contribution in [2.75, 3.05) is 13.2 Å². The maximum absolute atomic E-state index is 12.4. The molecular formula is C8H11FN2O. The Morgan fingerprint density at radius 1 is 1.58 bits per heavy atom. The second-order valence-electron chi connectivity index (χ2n) is 2.52. The molecule has 0 bridgehead atoms. The minimum atomic E-state index is -0.382. The molecule has 1 unspecified atom stereocenters. The van der Waals surface area contributed by atoms with E-state index < -0.39 is 0 Å². The number of aliphatic hydroxyl groups is 1. The van der Waals surface area contributed by atoms with E-state index in [-0.39, 0.29) is 18.3 Å². The number of rotatable bonds is 3. The van der Waals surface area contributed by atoms with Crippen LogP contribution in [-0.4, -0.2) is 23.2 Å². The quantitative estimate of drug-likeness (QED) is 0.683. The Balaban J connectivity index is 2.80. The third-order valence-corrected chi connectivity index (χ3v) is 1.67. The van der Waals surface area contributed by atoms with Gasteiger partial charge < -0.3 is 10.8 Å². The molecule has 1 aromatic heterocycles. The highest BCUT2D eigenvalue weighted by Gasteiger charge is 2.08. The van der Waals surface area contributed by atoms with Crippen molar-refractivity contribution in [1.29, 1.82) is 0 Å². The molecule has 1 atom stereocenters. The molecule has 0 spiro atoms. The monoisotopic (exact) mass is 170 g/mol. The average Bonchev–Trinajstić information content (AvgIpc) is 2.10. The van der Waals surface area contributed by atoms with Gasteiger partial charge in [-0.25, -0.2) is 4.39 Å². The minimum absolute atomic E-state index is 0.0604. The maximum Gasteiger partial charge on any atom is 0.141 e. The van der Waals surface area contributed by atoms with Crippen LogP contribution >= 0.6 is 0 Å². The van der Waals surface area contributed by atoms with E-state index in [9.17, 15) is 4.39 Å². The van der Waals surface area contributed by atoms with Crippen molar-refractivity contribution in [2.45, 2.75) is 5.92 Å². The predicted octanol–water partition coefficient (Wildman–Crippen LogP) is 0.255. The highest BCUT2D eigenvalue weighted by Crippen LogP contribution is 2.10. The lowest BCUT2D eigenvalue weighted by Gasteiger charge is -2.09. The van der Waals surface area contributed by atoms with Gasteiger partial charge in [-0.15, -0.1) is 0 Å². The largest absolute Gasteiger partial charge is 0.396 e. The zero-order valence-electron chi connectivity index (χ0n) is 6.57. The fraction of sp³-hybridized carbons (Fsp3) is 0.375. The first kappa shape index (κ1) is 9.09. The summed E-state index contributed by atoms with van der Waals surface area (Å²) in [7, 11) is 0. The number of aliphatic hydroxyl groups excluding tert-OH is 1. The van der Waals surface area contributed by atoms with Crippen molar-refractivity contribution in [3.8, 4) is 0 Å². The van der Waals surface area contributed by atoms with Crippen LogP contribution in [0.2, 0.25) is 0 Å². The smallest absolute Gasteiger partial charge is 0.141 e. The molecule has 0 aliphatic heterocycles. The van der Waals surface area contributed by atoms with Crippen LogP contribution in [0.25, 0.3) is 0 Å². The first-order valence-electron chi connectivity index (χ1n) is 3.70. The van der Waals surface area contributed by atoms with Gasteiger partial charge in [-0.2, -0.15) is 0 Å². The third-order valence-electron chi connectivity index (χ3n) is 1.67. The van der Waals surface area contributed by atoms with Crippen molar-refractivity contribution >= 4 is 0 Å². The van der Waals surface area contributed by atoms with Gasteiger partial charge in [-0.1, -0.05) is 0 Å². The van der Waals surface area contributed by atoms with Crippen molar-refractivity contribution in [2.24, 2.45) is 5.73 Å². The van der Waals surface area contributed by atoms with Gasteiger partial charge in [0.15, 0.2) is 0 Å². The summed E-state index contributed by atoms with van der Waals surface area (Å²) < 4.78 is 12.4. The molecule has 1 aromatic rings. The molecule has 0 saturated carbocycles. The second-order valence-corrected chi connectivity index (χ2v) is 2.52. The predicted molar refractivity (Wildman–Crippen MR) is 43.1 cm³/mol. The first-order chi connectivity index (χ1) is 5.77. The Bertz CT molecular complexity index is 233. The van der Waals surface area contributed by atoms with E-state index in [4.69, 9.17) is 10.8 Å². The Labute approximate surface area is 70.0 Å². The van der Waals surface area contributed by atoms with Gasteiger partial charge in [0.1, 0.15) is 5.82 Å². The summed E-state index contributed by atoms with van der Waals surface area (Å²) >= 11 is 0. The minimum Gasteiger partial charge on any atom is -0.396 e. The molecule has 0 fully saturated rings. The summed E-state index contributed by atoms with van der Waals surface area (Å²) in [4.78, 5) is 3.81. The van der Waals surface area contributed by atoms with Gasteiger partial charge >= 0.3 is 0 Å². The van der Waals surface area contributed by atoms with E-state index in [1.807, 2.05) is 0 Å². The third kappa shape index (κ3) is 1.99. The van der Waals surface area contributed by atoms with Crippen LogP contribution in [0, 0.1) is 5.82 Å². The van der Waals surface area contributed by atoms with Crippen LogP contribution in [0.3, 0.4) is 0 Å². The molecule has 0 aliphatic rings. The number of hydrogen-bond donors (Lipinski definition) is 2. The normalized spacial score (nSPS) is 12.9. The van der Waals surface area contributed by atoms with E-state index in [0.29, 0.717) is 12.2 Å². The van der Waals surface area contributed by atoms with E-state index in [0.717, 1.165) is 6.20 Å². The Morgan fingerprint density at radius 3 is 2.75 bits per heavy atom. The van der Waals surface area contributed by atoms with Crippen molar-refractivity contribution in [3.63, 3.8) is 0 Å². The summed E-state index contributed by atoms with van der Waals surface area (Å²) in [6, 6.07) is 2.84. The summed E-state index contributed by atoms with van der Waals surface area (Å²) in [5.41, 5.74) is 5.99. The molecular weight excluding hydrogens is 159 g/mol. The van der Waals surface area contributed by atoms with Gasteiger partial charge in [0.2, 0.25) is 0 Å². The van der Waals surface area contributed by atoms with Crippen molar-refractivity contribution < 1.29 is 9.50 Å². The number of halogens is 1. The first-order valence-corrected chi connectivity index (χ1v) is 3.70. The Hall–Kier alpha value is -1.00. The van der Waals surface area contributed by atoms with Crippen LogP contribution in [-0.2, 0) is 0 Å². The van der Waals surface area contributed by atoms with Crippen LogP contribution < -0.4 is 5.73 Å². The van der Waals surface area contributed by atoms with Crippen LogP contribution in [0.4, 0.5) is 4.39 Å². The molecule has 3 N–H and O–H groups in total. The standard InChI is InChI=1S/C8H11FN2O/c9-7-1-2-8(11-4-7)6(3-10)5-12/h1-2,4,6,12H,3,5,10H2. The second kappa shape index (κ2) is 4.13. The number of nitrogens with two attached hydrogens (primary N) is 1. The summed E-state index contributed by atoms with van der Waals surface area (Å²) in [5.74, 6) is -0.571. The van der Waals surface area contributed by atoms with E-state index >= 15 is 0 Å². The van der Waals surface area contributed by atoms with Gasteiger partial charge in [-0.3, -0.25) is 4.98 Å². The summed E-state index contributed by atoms with van der Waals surface area (Å²) in [6.07, 6.45) is 1.12. The number of aromatic nitrogens is 1. The molecule has 3 nitrogen and oxygen atoms in total. The highest BCUT2D eigenvalue weighted by atomic mass is 19.1. The van der Waals surface area contributed by atoms with E-state index in [1.165, 1.54) is 12.1 Å². The van der Waals surface area contributed by atoms with Crippen molar-refractivity contribution in [3.05, 3.63) is 29.8 Å². The molecule has 0 aliphatic carbocycles. The lowest BCUT2D eigenvalue weighted by molar-refractivity contribution is 0.265. The SMILES string of the molecule is NCC(CO)c1ccc(F)cn1. The van der Waals surface area contributed by atoms with Gasteiger partial charge in [0.05, 0.1) is 12.8 Å². The number of pyridine rings is 1. The van der Waals surface area contributed by atoms with Gasteiger partial charge in [0, 0.05) is 18.2 Å². The van der Waals surface area contributed by atoms with Crippen LogP contribution in [0.5, 0.6) is 0 Å². The van der Waals surface area contributed by atoms with E-state index in [2.05, 4.69) is 4.98 Å². The average molecular weight is 170 g/mol. The molecule has 0 saturated heterocycles. The topological polar surface area (TPSA) is 59.1 Å². The van der Waals surface area contributed by atoms with Gasteiger partial charge in [0.25, 0.3) is 0 Å². The molecule has 12 heavy (non-hydrogen) atoms. The molecule has 4 heteroatoms. The maximum atomic E-state index is 12.4. The summed E-state index contributed by atoms with van der Waals surface area (Å²) in [5, 5.41) is 8.84. The fourth-order valence-electron chi connectivity index (χ4n) is 0.918. The fourth-order valence-corrected chi connectivity index (χ4v) is 0.918. The van der Waals surface area contributed by atoms with E-state index in [1.54, 1.807) is 0 Å². The lowest BCUT2D eigenvalue weighted by atomic mass is 10.1. The van der Waals surface area contributed by atoms with Gasteiger partial charge in [-0.05, 0) is 12.1 Å². The molecule has 66 valence electrons. The molecule has 0 radical (unpaired) electrons. The molecule has 0 amide bonds. The van der Waals surface area contributed by atoms with Crippen molar-refractivity contribution in [1.82, 2.24) is 4.98 Å². The number of nitrogens with zero attached hydrogens (tertiary/aromatic N) is 1.